The average molecular weight is 299 g/mol. The molecule has 2 heteroatoms. The number of allylic oxidation sites excluding steroid dienone is 1. The van der Waals surface area contributed by atoms with Crippen LogP contribution in [0.2, 0.25) is 0 Å². The zero-order valence-electron chi connectivity index (χ0n) is 11.3. The number of halogens is 1. The summed E-state index contributed by atoms with van der Waals surface area (Å²) in [7, 11) is 0. The van der Waals surface area contributed by atoms with E-state index in [1.165, 1.54) is 25.7 Å². The van der Waals surface area contributed by atoms with Crippen molar-refractivity contribution in [3.05, 3.63) is 11.6 Å². The van der Waals surface area contributed by atoms with E-state index < -0.39 is 0 Å². The predicted molar refractivity (Wildman–Crippen MR) is 74.4 cm³/mol. The molecule has 2 heterocycles. The van der Waals surface area contributed by atoms with Crippen molar-refractivity contribution in [3.63, 3.8) is 0 Å². The van der Waals surface area contributed by atoms with Crippen molar-refractivity contribution in [2.75, 3.05) is 0 Å². The van der Waals surface area contributed by atoms with Crippen LogP contribution in [0.15, 0.2) is 11.6 Å². The first kappa shape index (κ1) is 12.2. The topological polar surface area (TPSA) is 9.23 Å². The number of hydrogen-bond donors (Lipinski definition) is 0. The molecule has 0 aromatic carbocycles. The Kier molecular flexibility index (Phi) is 2.44. The molecular formula is C15H23BrO. The van der Waals surface area contributed by atoms with Crippen molar-refractivity contribution in [2.24, 2.45) is 11.3 Å². The van der Waals surface area contributed by atoms with Gasteiger partial charge in [0, 0.05) is 10.2 Å². The van der Waals surface area contributed by atoms with E-state index in [0.717, 1.165) is 0 Å². The van der Waals surface area contributed by atoms with Crippen molar-refractivity contribution >= 4 is 15.9 Å². The third-order valence-corrected chi connectivity index (χ3v) is 7.40. The number of rotatable bonds is 0. The Morgan fingerprint density at radius 2 is 2.06 bits per heavy atom. The van der Waals surface area contributed by atoms with Gasteiger partial charge in [-0.3, -0.25) is 0 Å². The fourth-order valence-corrected chi connectivity index (χ4v) is 5.36. The average Bonchev–Trinajstić information content (AvgIpc) is 2.26. The van der Waals surface area contributed by atoms with E-state index in [-0.39, 0.29) is 16.6 Å². The summed E-state index contributed by atoms with van der Waals surface area (Å²) in [6, 6.07) is 0. The molecule has 96 valence electrons. The van der Waals surface area contributed by atoms with Crippen LogP contribution in [0, 0.1) is 11.3 Å². The normalized spacial score (nSPS) is 57.6. The van der Waals surface area contributed by atoms with E-state index in [9.17, 15) is 0 Å². The Morgan fingerprint density at radius 1 is 1.35 bits per heavy atom. The molecule has 4 rings (SSSR count). The molecule has 1 nitrogen and oxygen atoms in total. The first-order valence-electron chi connectivity index (χ1n) is 6.86. The number of alkyl halides is 1. The summed E-state index contributed by atoms with van der Waals surface area (Å²) >= 11 is 3.88. The lowest BCUT2D eigenvalue weighted by Crippen LogP contribution is -2.69. The van der Waals surface area contributed by atoms with Crippen LogP contribution in [0.4, 0.5) is 0 Å². The second-order valence-corrected chi connectivity index (χ2v) is 7.90. The standard InChI is InChI=1S/C15H23BrO/c1-10-5-6-11(2)15-8-7-13(3,12(16)9-15)17-14(10,15)4/h6,10,12H,5,7-9H2,1-4H3. The lowest BCUT2D eigenvalue weighted by Gasteiger charge is -2.67. The second-order valence-electron chi connectivity index (χ2n) is 6.80. The van der Waals surface area contributed by atoms with Crippen LogP contribution in [0.5, 0.6) is 0 Å². The van der Waals surface area contributed by atoms with Crippen LogP contribution in [0.1, 0.15) is 53.4 Å². The van der Waals surface area contributed by atoms with Gasteiger partial charge in [-0.05, 0) is 52.4 Å². The fourth-order valence-electron chi connectivity index (χ4n) is 4.49. The van der Waals surface area contributed by atoms with Gasteiger partial charge in [0.15, 0.2) is 0 Å². The molecule has 17 heavy (non-hydrogen) atoms. The minimum atomic E-state index is 0.0440. The quantitative estimate of drug-likeness (QED) is 0.474. The minimum Gasteiger partial charge on any atom is -0.367 e. The zero-order chi connectivity index (χ0) is 12.5. The summed E-state index contributed by atoms with van der Waals surface area (Å²) in [6.07, 6.45) is 7.37. The molecule has 5 atom stereocenters. The Labute approximate surface area is 113 Å². The van der Waals surface area contributed by atoms with E-state index in [0.29, 0.717) is 10.7 Å². The summed E-state index contributed by atoms with van der Waals surface area (Å²) in [5.41, 5.74) is 1.95. The van der Waals surface area contributed by atoms with E-state index in [4.69, 9.17) is 4.74 Å². The van der Waals surface area contributed by atoms with E-state index in [1.807, 2.05) is 0 Å². The van der Waals surface area contributed by atoms with Crippen LogP contribution >= 0.6 is 15.9 Å². The molecule has 0 aromatic heterocycles. The molecule has 3 fully saturated rings. The largest absolute Gasteiger partial charge is 0.367 e. The molecule has 2 bridgehead atoms. The Bertz CT molecular complexity index is 390. The smallest absolute Gasteiger partial charge is 0.0787 e. The lowest BCUT2D eigenvalue weighted by atomic mass is 9.49. The van der Waals surface area contributed by atoms with Crippen molar-refractivity contribution < 1.29 is 4.74 Å². The first-order valence-corrected chi connectivity index (χ1v) is 7.77. The van der Waals surface area contributed by atoms with Crippen molar-refractivity contribution in [3.8, 4) is 0 Å². The van der Waals surface area contributed by atoms with Gasteiger partial charge in [-0.15, -0.1) is 0 Å². The van der Waals surface area contributed by atoms with Gasteiger partial charge < -0.3 is 4.74 Å². The van der Waals surface area contributed by atoms with Crippen LogP contribution in [0.25, 0.3) is 0 Å². The zero-order valence-corrected chi connectivity index (χ0v) is 12.9. The van der Waals surface area contributed by atoms with Gasteiger partial charge in [-0.1, -0.05) is 34.5 Å². The van der Waals surface area contributed by atoms with E-state index in [1.54, 1.807) is 5.57 Å². The number of ether oxygens (including phenoxy) is 1. The molecule has 1 saturated carbocycles. The van der Waals surface area contributed by atoms with Crippen LogP contribution < -0.4 is 0 Å². The Morgan fingerprint density at radius 3 is 2.71 bits per heavy atom. The third kappa shape index (κ3) is 1.29. The van der Waals surface area contributed by atoms with Crippen LogP contribution in [-0.4, -0.2) is 16.0 Å². The number of hydrogen-bond acceptors (Lipinski definition) is 1. The Balaban J connectivity index is 2.14. The monoisotopic (exact) mass is 298 g/mol. The van der Waals surface area contributed by atoms with Gasteiger partial charge >= 0.3 is 0 Å². The summed E-state index contributed by atoms with van der Waals surface area (Å²) in [4.78, 5) is 0.505. The van der Waals surface area contributed by atoms with Gasteiger partial charge in [-0.2, -0.15) is 0 Å². The minimum absolute atomic E-state index is 0.0440. The van der Waals surface area contributed by atoms with Crippen LogP contribution in [-0.2, 0) is 4.74 Å². The molecular weight excluding hydrogens is 276 g/mol. The molecule has 2 saturated heterocycles. The van der Waals surface area contributed by atoms with Crippen molar-refractivity contribution in [1.82, 2.24) is 0 Å². The van der Waals surface area contributed by atoms with Gasteiger partial charge in [0.1, 0.15) is 0 Å². The van der Waals surface area contributed by atoms with Crippen LogP contribution in [0.3, 0.4) is 0 Å². The molecule has 0 aromatic rings. The van der Waals surface area contributed by atoms with Crippen molar-refractivity contribution in [2.45, 2.75) is 69.4 Å². The highest BCUT2D eigenvalue weighted by atomic mass is 79.9. The molecule has 0 N–H and O–H groups in total. The van der Waals surface area contributed by atoms with Gasteiger partial charge in [-0.25, -0.2) is 0 Å². The first-order chi connectivity index (χ1) is 7.84. The highest BCUT2D eigenvalue weighted by molar-refractivity contribution is 9.09. The summed E-state index contributed by atoms with van der Waals surface area (Å²) in [5, 5.41) is 0. The summed E-state index contributed by atoms with van der Waals surface area (Å²) in [5.74, 6) is 0.630. The molecule has 2 aliphatic heterocycles. The molecule has 2 aliphatic carbocycles. The van der Waals surface area contributed by atoms with Gasteiger partial charge in [0.25, 0.3) is 0 Å². The third-order valence-electron chi connectivity index (χ3n) is 6.11. The van der Waals surface area contributed by atoms with Gasteiger partial charge in [0.2, 0.25) is 0 Å². The van der Waals surface area contributed by atoms with Gasteiger partial charge in [0.05, 0.1) is 11.2 Å². The Hall–Kier alpha value is 0.180. The maximum Gasteiger partial charge on any atom is 0.0787 e. The predicted octanol–water partition coefficient (Wildman–Crippen LogP) is 4.45. The summed E-state index contributed by atoms with van der Waals surface area (Å²) in [6.45, 7) is 9.34. The van der Waals surface area contributed by atoms with E-state index in [2.05, 4.69) is 49.7 Å². The maximum absolute atomic E-state index is 6.66. The summed E-state index contributed by atoms with van der Waals surface area (Å²) < 4.78 is 6.66. The molecule has 0 amide bonds. The lowest BCUT2D eigenvalue weighted by molar-refractivity contribution is -0.284. The highest BCUT2D eigenvalue weighted by Gasteiger charge is 2.66. The fraction of sp³-hybridized carbons (Fsp3) is 0.867. The van der Waals surface area contributed by atoms with Crippen molar-refractivity contribution in [1.29, 1.82) is 0 Å². The molecule has 0 radical (unpaired) electrons. The SMILES string of the molecule is CC1=CCC(C)C2(C)OC3(C)CCC12CC3Br. The molecule has 4 aliphatic rings. The second kappa shape index (κ2) is 3.39. The molecule has 1 spiro atoms. The molecule has 5 unspecified atom stereocenters. The van der Waals surface area contributed by atoms with E-state index >= 15 is 0 Å². The number of fused-ring (bicyclic) bond motifs is 2. The maximum atomic E-state index is 6.66. The highest BCUT2D eigenvalue weighted by Crippen LogP contribution is 2.66.